The van der Waals surface area contributed by atoms with Crippen LogP contribution in [0.25, 0.3) is 0 Å². The van der Waals surface area contributed by atoms with Crippen LogP contribution in [0.3, 0.4) is 0 Å². The lowest BCUT2D eigenvalue weighted by Gasteiger charge is -2.06. The summed E-state index contributed by atoms with van der Waals surface area (Å²) in [4.78, 5) is 4.04. The molecule has 0 saturated carbocycles. The molecule has 14 heavy (non-hydrogen) atoms. The fraction of sp³-hybridized carbons (Fsp3) is 0.714. The van der Waals surface area contributed by atoms with Gasteiger partial charge >= 0.3 is 0 Å². The second-order valence-corrected chi connectivity index (χ2v) is 3.30. The zero-order valence-corrected chi connectivity index (χ0v) is 8.36. The molecule has 0 aromatic carbocycles. The number of nitrogens with two attached hydrogens (primary N) is 1. The van der Waals surface area contributed by atoms with Crippen molar-refractivity contribution in [3.63, 3.8) is 0 Å². The average Bonchev–Trinajstić information content (AvgIpc) is 2.63. The second-order valence-electron chi connectivity index (χ2n) is 3.30. The van der Waals surface area contributed by atoms with Crippen LogP contribution in [0.5, 0.6) is 0 Å². The molecule has 1 rings (SSSR count). The molecule has 1 heterocycles. The maximum absolute atomic E-state index is 5.59. The zero-order chi connectivity index (χ0) is 10.4. The molecule has 78 valence electrons. The van der Waals surface area contributed by atoms with Gasteiger partial charge in [0.2, 0.25) is 0 Å². The summed E-state index contributed by atoms with van der Waals surface area (Å²) in [6, 6.07) is 0. The first-order chi connectivity index (χ1) is 6.68. The molecule has 0 aliphatic heterocycles. The van der Waals surface area contributed by atoms with Gasteiger partial charge in [0.1, 0.15) is 6.54 Å². The Labute approximate surface area is 82.2 Å². The fourth-order valence-corrected chi connectivity index (χ4v) is 0.770. The van der Waals surface area contributed by atoms with E-state index < -0.39 is 0 Å². The molecule has 0 atom stereocenters. The standard InChI is InChI=1S/C7H15N7/c1-5(2)3-9-7(8)10-4-6-11-13-14-12-6/h5H,3-4H2,1-2H3,(H3,8,9,10)(H,11,12,13,14). The number of aliphatic imine (C=N–C) groups is 1. The minimum Gasteiger partial charge on any atom is -0.370 e. The van der Waals surface area contributed by atoms with Gasteiger partial charge in [-0.1, -0.05) is 19.1 Å². The predicted octanol–water partition coefficient (Wildman–Crippen LogP) is -0.740. The third kappa shape index (κ3) is 3.83. The SMILES string of the molecule is CC(C)CNC(N)=NCc1nn[nH]n1. The highest BCUT2D eigenvalue weighted by molar-refractivity contribution is 5.77. The van der Waals surface area contributed by atoms with E-state index in [1.54, 1.807) is 0 Å². The number of rotatable bonds is 4. The number of H-pyrrole nitrogens is 1. The van der Waals surface area contributed by atoms with Crippen LogP contribution in [0.1, 0.15) is 19.7 Å². The van der Waals surface area contributed by atoms with Crippen LogP contribution in [-0.2, 0) is 6.54 Å². The number of hydrogen-bond donors (Lipinski definition) is 3. The Bertz CT molecular complexity index is 276. The quantitative estimate of drug-likeness (QED) is 0.435. The van der Waals surface area contributed by atoms with Crippen LogP contribution >= 0.6 is 0 Å². The summed E-state index contributed by atoms with van der Waals surface area (Å²) in [6.45, 7) is 5.34. The summed E-state index contributed by atoms with van der Waals surface area (Å²) in [5.74, 6) is 1.47. The van der Waals surface area contributed by atoms with Gasteiger partial charge in [0.25, 0.3) is 0 Å². The smallest absolute Gasteiger partial charge is 0.196 e. The van der Waals surface area contributed by atoms with Crippen molar-refractivity contribution in [3.8, 4) is 0 Å². The molecule has 0 spiro atoms. The van der Waals surface area contributed by atoms with Crippen molar-refractivity contribution in [2.75, 3.05) is 6.54 Å². The molecule has 0 amide bonds. The van der Waals surface area contributed by atoms with Crippen molar-refractivity contribution in [1.29, 1.82) is 0 Å². The number of hydrogen-bond acceptors (Lipinski definition) is 4. The largest absolute Gasteiger partial charge is 0.370 e. The van der Waals surface area contributed by atoms with Gasteiger partial charge < -0.3 is 11.1 Å². The molecule has 0 saturated heterocycles. The Morgan fingerprint density at radius 2 is 2.43 bits per heavy atom. The van der Waals surface area contributed by atoms with Gasteiger partial charge in [0.15, 0.2) is 11.8 Å². The maximum Gasteiger partial charge on any atom is 0.196 e. The van der Waals surface area contributed by atoms with Crippen molar-refractivity contribution >= 4 is 5.96 Å². The number of nitrogens with one attached hydrogen (secondary N) is 2. The van der Waals surface area contributed by atoms with Crippen molar-refractivity contribution in [1.82, 2.24) is 25.9 Å². The van der Waals surface area contributed by atoms with E-state index in [0.29, 0.717) is 24.2 Å². The predicted molar refractivity (Wildman–Crippen MR) is 52.3 cm³/mol. The van der Waals surface area contributed by atoms with Crippen LogP contribution in [0, 0.1) is 5.92 Å². The van der Waals surface area contributed by atoms with E-state index in [2.05, 4.69) is 44.8 Å². The molecule has 4 N–H and O–H groups in total. The van der Waals surface area contributed by atoms with Crippen LogP contribution in [0.15, 0.2) is 4.99 Å². The zero-order valence-electron chi connectivity index (χ0n) is 8.36. The highest BCUT2D eigenvalue weighted by Crippen LogP contribution is 1.88. The first-order valence-corrected chi connectivity index (χ1v) is 4.44. The van der Waals surface area contributed by atoms with Gasteiger partial charge in [0, 0.05) is 6.54 Å². The third-order valence-electron chi connectivity index (χ3n) is 1.47. The molecule has 7 heteroatoms. The molecule has 1 aromatic heterocycles. The second kappa shape index (κ2) is 5.15. The number of aromatic amines is 1. The van der Waals surface area contributed by atoms with Gasteiger partial charge in [-0.3, -0.25) is 0 Å². The van der Waals surface area contributed by atoms with E-state index in [-0.39, 0.29) is 0 Å². The normalized spacial score (nSPS) is 12.1. The monoisotopic (exact) mass is 197 g/mol. The van der Waals surface area contributed by atoms with Crippen molar-refractivity contribution in [2.24, 2.45) is 16.6 Å². The first kappa shape index (κ1) is 10.4. The first-order valence-electron chi connectivity index (χ1n) is 4.44. The molecule has 0 bridgehead atoms. The summed E-state index contributed by atoms with van der Waals surface area (Å²) in [5.41, 5.74) is 5.59. The van der Waals surface area contributed by atoms with E-state index in [9.17, 15) is 0 Å². The van der Waals surface area contributed by atoms with Gasteiger partial charge in [-0.25, -0.2) is 4.99 Å². The molecule has 0 fully saturated rings. The lowest BCUT2D eigenvalue weighted by Crippen LogP contribution is -2.34. The van der Waals surface area contributed by atoms with E-state index in [1.807, 2.05) is 0 Å². The summed E-state index contributed by atoms with van der Waals surface area (Å²) < 4.78 is 0. The minimum absolute atomic E-state index is 0.341. The lowest BCUT2D eigenvalue weighted by atomic mass is 10.2. The Balaban J connectivity index is 2.30. The number of nitrogens with zero attached hydrogens (tertiary/aromatic N) is 4. The van der Waals surface area contributed by atoms with Crippen LogP contribution in [0.4, 0.5) is 0 Å². The highest BCUT2D eigenvalue weighted by Gasteiger charge is 1.97. The van der Waals surface area contributed by atoms with E-state index in [0.717, 1.165) is 6.54 Å². The number of guanidine groups is 1. The lowest BCUT2D eigenvalue weighted by molar-refractivity contribution is 0.621. The summed E-state index contributed by atoms with van der Waals surface area (Å²) in [7, 11) is 0. The molecular weight excluding hydrogens is 182 g/mol. The number of aromatic nitrogens is 4. The number of tetrazole rings is 1. The summed E-state index contributed by atoms with van der Waals surface area (Å²) >= 11 is 0. The van der Waals surface area contributed by atoms with Crippen LogP contribution < -0.4 is 11.1 Å². The average molecular weight is 197 g/mol. The van der Waals surface area contributed by atoms with Gasteiger partial charge in [-0.05, 0) is 5.92 Å². The van der Waals surface area contributed by atoms with Crippen LogP contribution in [-0.4, -0.2) is 33.1 Å². The molecule has 0 unspecified atom stereocenters. The molecule has 0 aliphatic carbocycles. The Morgan fingerprint density at radius 3 is 3.00 bits per heavy atom. The Hall–Kier alpha value is -1.66. The molecule has 1 aromatic rings. The molecule has 7 nitrogen and oxygen atoms in total. The van der Waals surface area contributed by atoms with Crippen molar-refractivity contribution in [3.05, 3.63) is 5.82 Å². The van der Waals surface area contributed by atoms with Crippen molar-refractivity contribution in [2.45, 2.75) is 20.4 Å². The third-order valence-corrected chi connectivity index (χ3v) is 1.47. The molecule has 0 aliphatic rings. The Kier molecular flexibility index (Phi) is 3.84. The molecular formula is C7H15N7. The summed E-state index contributed by atoms with van der Waals surface area (Å²) in [5, 5.41) is 16.2. The Morgan fingerprint density at radius 1 is 1.64 bits per heavy atom. The van der Waals surface area contributed by atoms with Crippen LogP contribution in [0.2, 0.25) is 0 Å². The topological polar surface area (TPSA) is 105 Å². The molecule has 0 radical (unpaired) electrons. The van der Waals surface area contributed by atoms with Crippen molar-refractivity contribution < 1.29 is 0 Å². The highest BCUT2D eigenvalue weighted by atomic mass is 15.5. The summed E-state index contributed by atoms with van der Waals surface area (Å²) in [6.07, 6.45) is 0. The minimum atomic E-state index is 0.341. The fourth-order valence-electron chi connectivity index (χ4n) is 0.770. The van der Waals surface area contributed by atoms with Gasteiger partial charge in [0.05, 0.1) is 0 Å². The van der Waals surface area contributed by atoms with E-state index in [4.69, 9.17) is 5.73 Å². The maximum atomic E-state index is 5.59. The van der Waals surface area contributed by atoms with Gasteiger partial charge in [-0.2, -0.15) is 5.21 Å². The van der Waals surface area contributed by atoms with E-state index in [1.165, 1.54) is 0 Å². The van der Waals surface area contributed by atoms with E-state index >= 15 is 0 Å². The van der Waals surface area contributed by atoms with Gasteiger partial charge in [-0.15, -0.1) is 10.2 Å².